The van der Waals surface area contributed by atoms with Gasteiger partial charge in [0.1, 0.15) is 0 Å². The second kappa shape index (κ2) is 8.29. The van der Waals surface area contributed by atoms with Crippen molar-refractivity contribution in [3.05, 3.63) is 0 Å². The standard InChI is InChI=1S/C21H28FN5O4/c22-17-18(13-1-2-13)23-21(24-19(17)29)26-7-5-25(6-8-26)20(30)14-11-16(28)27(12-14)15-3-9-31-10-4-15/h13-15,17H,1-12H2. The van der Waals surface area contributed by atoms with E-state index < -0.39 is 12.1 Å². The summed E-state index contributed by atoms with van der Waals surface area (Å²) in [5.74, 6) is -0.678. The van der Waals surface area contributed by atoms with Gasteiger partial charge in [-0.3, -0.25) is 14.4 Å². The number of halogens is 1. The molecule has 4 heterocycles. The molecule has 3 saturated heterocycles. The summed E-state index contributed by atoms with van der Waals surface area (Å²) in [5, 5.41) is 0. The van der Waals surface area contributed by atoms with Crippen LogP contribution in [0.3, 0.4) is 0 Å². The number of likely N-dealkylation sites (tertiary alicyclic amines) is 1. The number of guanidine groups is 1. The van der Waals surface area contributed by atoms with E-state index >= 15 is 0 Å². The lowest BCUT2D eigenvalue weighted by molar-refractivity contribution is -0.137. The SMILES string of the molecule is O=C1N=C(N2CCN(C(=O)C3CC(=O)N(C4CCOCC4)C3)CC2)N=C(C2CC2)C1F. The van der Waals surface area contributed by atoms with E-state index in [2.05, 4.69) is 9.98 Å². The quantitative estimate of drug-likeness (QED) is 0.636. The number of hydrogen-bond donors (Lipinski definition) is 0. The lowest BCUT2D eigenvalue weighted by Gasteiger charge is -2.37. The third-order valence-corrected chi connectivity index (χ3v) is 6.92. The molecule has 3 amide bonds. The molecular weight excluding hydrogens is 405 g/mol. The summed E-state index contributed by atoms with van der Waals surface area (Å²) in [4.78, 5) is 51.2. The summed E-state index contributed by atoms with van der Waals surface area (Å²) < 4.78 is 19.5. The predicted octanol–water partition coefficient (Wildman–Crippen LogP) is 0.243. The first-order valence-electron chi connectivity index (χ1n) is 11.3. The molecule has 31 heavy (non-hydrogen) atoms. The van der Waals surface area contributed by atoms with Crippen molar-refractivity contribution in [2.45, 2.75) is 44.3 Å². The molecule has 168 valence electrons. The Morgan fingerprint density at radius 2 is 1.71 bits per heavy atom. The van der Waals surface area contributed by atoms with Crippen molar-refractivity contribution in [1.29, 1.82) is 0 Å². The molecule has 4 fully saturated rings. The van der Waals surface area contributed by atoms with Crippen LogP contribution in [0.5, 0.6) is 0 Å². The van der Waals surface area contributed by atoms with Crippen LogP contribution in [0.1, 0.15) is 32.1 Å². The lowest BCUT2D eigenvalue weighted by Crippen LogP contribution is -2.53. The Morgan fingerprint density at radius 3 is 2.39 bits per heavy atom. The largest absolute Gasteiger partial charge is 0.381 e. The first kappa shape index (κ1) is 20.5. The minimum absolute atomic E-state index is 0.00946. The molecule has 10 heteroatoms. The number of aliphatic imine (C=N–C) groups is 2. The lowest BCUT2D eigenvalue weighted by atomic mass is 10.1. The van der Waals surface area contributed by atoms with Crippen LogP contribution in [0.25, 0.3) is 0 Å². The fourth-order valence-corrected chi connectivity index (χ4v) is 4.93. The molecular formula is C21H28FN5O4. The molecule has 2 unspecified atom stereocenters. The Morgan fingerprint density at radius 1 is 1.00 bits per heavy atom. The molecule has 9 nitrogen and oxygen atoms in total. The predicted molar refractivity (Wildman–Crippen MR) is 109 cm³/mol. The minimum Gasteiger partial charge on any atom is -0.381 e. The summed E-state index contributed by atoms with van der Waals surface area (Å²) in [6, 6.07) is 0.176. The second-order valence-electron chi connectivity index (χ2n) is 9.03. The molecule has 0 aromatic heterocycles. The van der Waals surface area contributed by atoms with Crippen molar-refractivity contribution < 1.29 is 23.5 Å². The zero-order valence-corrected chi connectivity index (χ0v) is 17.5. The van der Waals surface area contributed by atoms with Gasteiger partial charge in [0.15, 0.2) is 0 Å². The Hall–Kier alpha value is -2.36. The maximum absolute atomic E-state index is 14.1. The van der Waals surface area contributed by atoms with E-state index in [0.29, 0.717) is 51.6 Å². The number of rotatable bonds is 3. The number of alkyl halides is 1. The van der Waals surface area contributed by atoms with Crippen LogP contribution in [0.4, 0.5) is 4.39 Å². The van der Waals surface area contributed by atoms with Crippen LogP contribution in [0.2, 0.25) is 0 Å². The minimum atomic E-state index is -1.71. The van der Waals surface area contributed by atoms with E-state index in [9.17, 15) is 18.8 Å². The van der Waals surface area contributed by atoms with E-state index in [1.165, 1.54) is 0 Å². The number of carbonyl (C=O) groups excluding carboxylic acids is 3. The Bertz CT molecular complexity index is 828. The summed E-state index contributed by atoms with van der Waals surface area (Å²) in [7, 11) is 0. The molecule has 0 bridgehead atoms. The first-order valence-corrected chi connectivity index (χ1v) is 11.3. The van der Waals surface area contributed by atoms with Gasteiger partial charge >= 0.3 is 0 Å². The number of hydrogen-bond acceptors (Lipinski definition) is 6. The zero-order valence-electron chi connectivity index (χ0n) is 17.5. The molecule has 4 aliphatic heterocycles. The van der Waals surface area contributed by atoms with Crippen LogP contribution in [0.15, 0.2) is 9.98 Å². The van der Waals surface area contributed by atoms with Crippen molar-refractivity contribution in [3.63, 3.8) is 0 Å². The maximum atomic E-state index is 14.1. The van der Waals surface area contributed by atoms with Gasteiger partial charge in [0.05, 0.1) is 11.6 Å². The Kier molecular flexibility index (Phi) is 5.49. The van der Waals surface area contributed by atoms with Crippen LogP contribution in [-0.4, -0.2) is 102 Å². The topological polar surface area (TPSA) is 94.9 Å². The van der Waals surface area contributed by atoms with Crippen LogP contribution >= 0.6 is 0 Å². The van der Waals surface area contributed by atoms with E-state index in [4.69, 9.17) is 4.74 Å². The second-order valence-corrected chi connectivity index (χ2v) is 9.03. The van der Waals surface area contributed by atoms with Gasteiger partial charge in [0.2, 0.25) is 23.9 Å². The number of nitrogens with zero attached hydrogens (tertiary/aromatic N) is 5. The molecule has 0 aromatic rings. The molecule has 5 rings (SSSR count). The third-order valence-electron chi connectivity index (χ3n) is 6.92. The fourth-order valence-electron chi connectivity index (χ4n) is 4.93. The summed E-state index contributed by atoms with van der Waals surface area (Å²) >= 11 is 0. The average Bonchev–Trinajstić information content (AvgIpc) is 3.57. The highest BCUT2D eigenvalue weighted by Gasteiger charge is 2.42. The molecule has 0 spiro atoms. The first-order chi connectivity index (χ1) is 15.0. The Balaban J connectivity index is 1.17. The molecule has 1 aliphatic carbocycles. The summed E-state index contributed by atoms with van der Waals surface area (Å²) in [6.45, 7) is 3.73. The van der Waals surface area contributed by atoms with Crippen molar-refractivity contribution in [3.8, 4) is 0 Å². The average molecular weight is 433 g/mol. The van der Waals surface area contributed by atoms with Crippen molar-refractivity contribution in [2.75, 3.05) is 45.9 Å². The van der Waals surface area contributed by atoms with Crippen LogP contribution < -0.4 is 0 Å². The summed E-state index contributed by atoms with van der Waals surface area (Å²) in [5.41, 5.74) is 0.311. The Labute approximate surface area is 180 Å². The van der Waals surface area contributed by atoms with Gasteiger partial charge in [0, 0.05) is 64.3 Å². The molecule has 0 aromatic carbocycles. The fraction of sp³-hybridized carbons (Fsp3) is 0.762. The van der Waals surface area contributed by atoms with Crippen LogP contribution in [0, 0.1) is 11.8 Å². The van der Waals surface area contributed by atoms with Gasteiger partial charge in [-0.1, -0.05) is 0 Å². The normalized spacial score (nSPS) is 30.5. The highest BCUT2D eigenvalue weighted by Crippen LogP contribution is 2.34. The maximum Gasteiger partial charge on any atom is 0.289 e. The van der Waals surface area contributed by atoms with Crippen molar-refractivity contribution in [2.24, 2.45) is 21.8 Å². The molecule has 0 radical (unpaired) electrons. The van der Waals surface area contributed by atoms with Gasteiger partial charge in [-0.2, -0.15) is 4.99 Å². The molecule has 0 N–H and O–H groups in total. The smallest absolute Gasteiger partial charge is 0.289 e. The zero-order chi connectivity index (χ0) is 21.5. The molecule has 1 saturated carbocycles. The van der Waals surface area contributed by atoms with Gasteiger partial charge in [-0.25, -0.2) is 9.38 Å². The third kappa shape index (κ3) is 4.09. The van der Waals surface area contributed by atoms with E-state index in [1.54, 1.807) is 4.90 Å². The van der Waals surface area contributed by atoms with Gasteiger partial charge in [0.25, 0.3) is 5.91 Å². The van der Waals surface area contributed by atoms with Crippen LogP contribution in [-0.2, 0) is 19.1 Å². The monoisotopic (exact) mass is 433 g/mol. The van der Waals surface area contributed by atoms with Gasteiger partial charge in [-0.15, -0.1) is 0 Å². The van der Waals surface area contributed by atoms with E-state index in [0.717, 1.165) is 25.7 Å². The highest BCUT2D eigenvalue weighted by molar-refractivity contribution is 6.18. The van der Waals surface area contributed by atoms with Crippen molar-refractivity contribution >= 4 is 29.4 Å². The number of carbonyl (C=O) groups is 3. The van der Waals surface area contributed by atoms with E-state index in [1.807, 2.05) is 9.80 Å². The number of piperazine rings is 1. The van der Waals surface area contributed by atoms with E-state index in [-0.39, 0.29) is 42.1 Å². The molecule has 2 atom stereocenters. The number of amides is 3. The van der Waals surface area contributed by atoms with Gasteiger partial charge < -0.3 is 19.4 Å². The van der Waals surface area contributed by atoms with Crippen molar-refractivity contribution in [1.82, 2.24) is 14.7 Å². The molecule has 5 aliphatic rings. The van der Waals surface area contributed by atoms with Gasteiger partial charge in [-0.05, 0) is 25.7 Å². The highest BCUT2D eigenvalue weighted by atomic mass is 19.1. The number of ether oxygens (including phenoxy) is 1. The summed E-state index contributed by atoms with van der Waals surface area (Å²) in [6.07, 6.45) is 1.95.